The minimum atomic E-state index is -0.943. The van der Waals surface area contributed by atoms with Crippen molar-refractivity contribution in [2.75, 3.05) is 20.3 Å². The largest absolute Gasteiger partial charge is 0.494 e. The van der Waals surface area contributed by atoms with Crippen LogP contribution in [0.3, 0.4) is 0 Å². The molecule has 0 aromatic heterocycles. The van der Waals surface area contributed by atoms with Gasteiger partial charge in [0.25, 0.3) is 0 Å². The number of fused-ring (bicyclic) bond motifs is 1. The summed E-state index contributed by atoms with van der Waals surface area (Å²) < 4.78 is 29.5. The zero-order valence-corrected chi connectivity index (χ0v) is 11.5. The van der Waals surface area contributed by atoms with Gasteiger partial charge in [-0.15, -0.1) is 0 Å². The van der Waals surface area contributed by atoms with Gasteiger partial charge >= 0.3 is 0 Å². The van der Waals surface area contributed by atoms with Crippen LogP contribution in [0.25, 0.3) is 0 Å². The van der Waals surface area contributed by atoms with Crippen LogP contribution in [-0.4, -0.2) is 25.4 Å². The van der Waals surface area contributed by atoms with Gasteiger partial charge in [0.05, 0.1) is 7.11 Å². The molecule has 0 spiro atoms. The molecular weight excluding hydrogens is 275 g/mol. The van der Waals surface area contributed by atoms with Crippen LogP contribution in [0.4, 0.5) is 4.39 Å². The van der Waals surface area contributed by atoms with Gasteiger partial charge in [0.1, 0.15) is 19.3 Å². The van der Waals surface area contributed by atoms with E-state index in [0.717, 1.165) is 0 Å². The first-order valence-corrected chi connectivity index (χ1v) is 6.60. The van der Waals surface area contributed by atoms with E-state index in [1.165, 1.54) is 19.2 Å². The van der Waals surface area contributed by atoms with Gasteiger partial charge in [0, 0.05) is 0 Å². The van der Waals surface area contributed by atoms with E-state index in [2.05, 4.69) is 0 Å². The molecule has 1 unspecified atom stereocenters. The second-order valence-corrected chi connectivity index (χ2v) is 4.70. The van der Waals surface area contributed by atoms with Crippen molar-refractivity contribution >= 4 is 0 Å². The summed E-state index contributed by atoms with van der Waals surface area (Å²) in [5, 5.41) is 10.4. The Bertz CT molecular complexity index is 657. The summed E-state index contributed by atoms with van der Waals surface area (Å²) in [4.78, 5) is 0. The van der Waals surface area contributed by atoms with Crippen LogP contribution < -0.4 is 14.2 Å². The highest BCUT2D eigenvalue weighted by Crippen LogP contribution is 2.34. The lowest BCUT2D eigenvalue weighted by Gasteiger charge is -2.20. The maximum atomic E-state index is 13.7. The van der Waals surface area contributed by atoms with Gasteiger partial charge in [-0.05, 0) is 35.4 Å². The van der Waals surface area contributed by atoms with E-state index >= 15 is 0 Å². The molecule has 0 saturated carbocycles. The zero-order valence-electron chi connectivity index (χ0n) is 11.5. The van der Waals surface area contributed by atoms with Crippen molar-refractivity contribution in [1.29, 1.82) is 0 Å². The summed E-state index contributed by atoms with van der Waals surface area (Å²) in [7, 11) is 1.40. The van der Waals surface area contributed by atoms with E-state index in [1.807, 2.05) is 0 Å². The fourth-order valence-corrected chi connectivity index (χ4v) is 2.28. The highest BCUT2D eigenvalue weighted by molar-refractivity contribution is 5.46. The first kappa shape index (κ1) is 13.7. The Hall–Kier alpha value is -2.27. The number of aliphatic hydroxyl groups is 1. The SMILES string of the molecule is COc1ccc(C(O)c2ccc3c(c2)OCCO3)cc1F. The molecule has 0 fully saturated rings. The average molecular weight is 290 g/mol. The summed E-state index contributed by atoms with van der Waals surface area (Å²) >= 11 is 0. The molecule has 0 aliphatic carbocycles. The molecule has 2 aromatic carbocycles. The Kier molecular flexibility index (Phi) is 3.66. The fourth-order valence-electron chi connectivity index (χ4n) is 2.28. The standard InChI is InChI=1S/C16H15FO4/c1-19-13-4-2-10(8-12(13)17)16(18)11-3-5-14-15(9-11)21-7-6-20-14/h2-5,8-9,16,18H,6-7H2,1H3. The van der Waals surface area contributed by atoms with Crippen molar-refractivity contribution in [3.63, 3.8) is 0 Å². The molecule has 0 bridgehead atoms. The number of halogens is 1. The molecule has 2 aromatic rings. The second kappa shape index (κ2) is 5.61. The highest BCUT2D eigenvalue weighted by Gasteiger charge is 2.17. The molecule has 1 heterocycles. The minimum Gasteiger partial charge on any atom is -0.494 e. The molecule has 1 aliphatic heterocycles. The molecular formula is C16H15FO4. The predicted octanol–water partition coefficient (Wildman–Crippen LogP) is 2.69. The number of methoxy groups -OCH3 is 1. The van der Waals surface area contributed by atoms with Gasteiger partial charge < -0.3 is 19.3 Å². The number of benzene rings is 2. The molecule has 1 aliphatic rings. The molecule has 3 rings (SSSR count). The van der Waals surface area contributed by atoms with E-state index in [1.54, 1.807) is 24.3 Å². The average Bonchev–Trinajstić information content (AvgIpc) is 2.53. The number of aliphatic hydroxyl groups excluding tert-OH is 1. The van der Waals surface area contributed by atoms with Gasteiger partial charge in [-0.1, -0.05) is 12.1 Å². The van der Waals surface area contributed by atoms with Gasteiger partial charge in [0.15, 0.2) is 23.1 Å². The highest BCUT2D eigenvalue weighted by atomic mass is 19.1. The predicted molar refractivity (Wildman–Crippen MR) is 74.4 cm³/mol. The minimum absolute atomic E-state index is 0.146. The smallest absolute Gasteiger partial charge is 0.165 e. The van der Waals surface area contributed by atoms with Crippen LogP contribution >= 0.6 is 0 Å². The lowest BCUT2D eigenvalue weighted by Crippen LogP contribution is -2.15. The number of hydrogen-bond donors (Lipinski definition) is 1. The summed E-state index contributed by atoms with van der Waals surface area (Å²) in [5.41, 5.74) is 1.06. The van der Waals surface area contributed by atoms with Crippen LogP contribution in [-0.2, 0) is 0 Å². The summed E-state index contributed by atoms with van der Waals surface area (Å²) in [5.74, 6) is 0.879. The van der Waals surface area contributed by atoms with E-state index in [0.29, 0.717) is 35.8 Å². The van der Waals surface area contributed by atoms with Crippen LogP contribution in [0, 0.1) is 5.82 Å². The number of rotatable bonds is 3. The lowest BCUT2D eigenvalue weighted by atomic mass is 10.0. The van der Waals surface area contributed by atoms with Crippen molar-refractivity contribution in [3.05, 3.63) is 53.3 Å². The third kappa shape index (κ3) is 2.64. The Labute approximate surface area is 121 Å². The molecule has 110 valence electrons. The quantitative estimate of drug-likeness (QED) is 0.944. The van der Waals surface area contributed by atoms with Crippen molar-refractivity contribution in [1.82, 2.24) is 0 Å². The third-order valence-corrected chi connectivity index (χ3v) is 3.37. The van der Waals surface area contributed by atoms with Crippen LogP contribution in [0.1, 0.15) is 17.2 Å². The Balaban J connectivity index is 1.91. The van der Waals surface area contributed by atoms with Gasteiger partial charge in [-0.2, -0.15) is 0 Å². The summed E-state index contributed by atoms with van der Waals surface area (Å²) in [6.07, 6.45) is -0.943. The van der Waals surface area contributed by atoms with Crippen LogP contribution in [0.15, 0.2) is 36.4 Å². The van der Waals surface area contributed by atoms with Crippen molar-refractivity contribution in [3.8, 4) is 17.2 Å². The van der Waals surface area contributed by atoms with Crippen LogP contribution in [0.2, 0.25) is 0 Å². The zero-order chi connectivity index (χ0) is 14.8. The van der Waals surface area contributed by atoms with E-state index in [9.17, 15) is 9.50 Å². The molecule has 0 radical (unpaired) electrons. The Morgan fingerprint density at radius 3 is 2.43 bits per heavy atom. The lowest BCUT2D eigenvalue weighted by molar-refractivity contribution is 0.169. The summed E-state index contributed by atoms with van der Waals surface area (Å²) in [6, 6.07) is 9.57. The van der Waals surface area contributed by atoms with Gasteiger partial charge in [-0.25, -0.2) is 4.39 Å². The second-order valence-electron chi connectivity index (χ2n) is 4.70. The molecule has 1 atom stereocenters. The van der Waals surface area contributed by atoms with Crippen LogP contribution in [0.5, 0.6) is 17.2 Å². The van der Waals surface area contributed by atoms with Gasteiger partial charge in [0.2, 0.25) is 0 Å². The maximum absolute atomic E-state index is 13.7. The Morgan fingerprint density at radius 2 is 1.71 bits per heavy atom. The van der Waals surface area contributed by atoms with Crippen molar-refractivity contribution < 1.29 is 23.7 Å². The molecule has 5 heteroatoms. The normalized spacial score (nSPS) is 14.6. The summed E-state index contributed by atoms with van der Waals surface area (Å²) in [6.45, 7) is 0.988. The van der Waals surface area contributed by atoms with E-state index < -0.39 is 11.9 Å². The Morgan fingerprint density at radius 1 is 1.05 bits per heavy atom. The number of hydrogen-bond acceptors (Lipinski definition) is 4. The first-order chi connectivity index (χ1) is 10.2. The van der Waals surface area contributed by atoms with Crippen molar-refractivity contribution in [2.45, 2.75) is 6.10 Å². The molecule has 21 heavy (non-hydrogen) atoms. The molecule has 1 N–H and O–H groups in total. The van der Waals surface area contributed by atoms with Crippen molar-refractivity contribution in [2.24, 2.45) is 0 Å². The van der Waals surface area contributed by atoms with E-state index in [4.69, 9.17) is 14.2 Å². The topological polar surface area (TPSA) is 47.9 Å². The number of ether oxygens (including phenoxy) is 3. The van der Waals surface area contributed by atoms with Gasteiger partial charge in [-0.3, -0.25) is 0 Å². The fraction of sp³-hybridized carbons (Fsp3) is 0.250. The maximum Gasteiger partial charge on any atom is 0.165 e. The monoisotopic (exact) mass is 290 g/mol. The molecule has 4 nitrogen and oxygen atoms in total. The molecule has 0 saturated heterocycles. The third-order valence-electron chi connectivity index (χ3n) is 3.37. The molecule has 0 amide bonds. The first-order valence-electron chi connectivity index (χ1n) is 6.60. The van der Waals surface area contributed by atoms with E-state index in [-0.39, 0.29) is 5.75 Å².